The highest BCUT2D eigenvalue weighted by atomic mass is 19.1. The molecule has 0 aliphatic heterocycles. The van der Waals surface area contributed by atoms with E-state index < -0.39 is 0 Å². The summed E-state index contributed by atoms with van der Waals surface area (Å²) in [6.45, 7) is 4.13. The number of nitrogens with zero attached hydrogens (tertiary/aromatic N) is 1. The first kappa shape index (κ1) is 11.7. The van der Waals surface area contributed by atoms with Crippen LogP contribution in [0.1, 0.15) is 11.1 Å². The van der Waals surface area contributed by atoms with Gasteiger partial charge < -0.3 is 4.98 Å². The Morgan fingerprint density at radius 1 is 1.21 bits per heavy atom. The summed E-state index contributed by atoms with van der Waals surface area (Å²) in [7, 11) is 1.97. The zero-order valence-corrected chi connectivity index (χ0v) is 10.7. The van der Waals surface area contributed by atoms with Crippen molar-refractivity contribution in [2.45, 2.75) is 0 Å². The van der Waals surface area contributed by atoms with Gasteiger partial charge in [-0.1, -0.05) is 6.58 Å². The molecule has 2 aromatic heterocycles. The van der Waals surface area contributed by atoms with Crippen molar-refractivity contribution in [1.82, 2.24) is 4.98 Å². The van der Waals surface area contributed by atoms with Crippen LogP contribution in [0.3, 0.4) is 0 Å². The predicted octanol–water partition coefficient (Wildman–Crippen LogP) is 3.19. The van der Waals surface area contributed by atoms with Crippen LogP contribution in [-0.2, 0) is 7.05 Å². The largest absolute Gasteiger partial charge is 0.361 e. The van der Waals surface area contributed by atoms with Gasteiger partial charge in [-0.15, -0.1) is 0 Å². The summed E-state index contributed by atoms with van der Waals surface area (Å²) in [5.74, 6) is -0.236. The molecule has 0 amide bonds. The highest BCUT2D eigenvalue weighted by Crippen LogP contribution is 2.28. The van der Waals surface area contributed by atoms with Gasteiger partial charge in [0.2, 0.25) is 0 Å². The summed E-state index contributed by atoms with van der Waals surface area (Å²) in [4.78, 5) is 3.14. The molecule has 2 heterocycles. The normalized spacial score (nSPS) is 10.8. The second kappa shape index (κ2) is 4.35. The van der Waals surface area contributed by atoms with Crippen molar-refractivity contribution < 1.29 is 8.96 Å². The molecule has 3 rings (SSSR count). The van der Waals surface area contributed by atoms with Crippen molar-refractivity contribution in [3.8, 4) is 0 Å². The van der Waals surface area contributed by atoms with Crippen molar-refractivity contribution in [2.75, 3.05) is 0 Å². The molecule has 0 radical (unpaired) electrons. The molecule has 0 atom stereocenters. The lowest BCUT2D eigenvalue weighted by molar-refractivity contribution is -0.671. The summed E-state index contributed by atoms with van der Waals surface area (Å²) in [5, 5.41) is 0.859. The van der Waals surface area contributed by atoms with Gasteiger partial charge in [0.05, 0.1) is 0 Å². The second-order valence-corrected chi connectivity index (χ2v) is 4.62. The number of hydrogen-bond acceptors (Lipinski definition) is 0. The lowest BCUT2D eigenvalue weighted by Gasteiger charge is -2.03. The second-order valence-electron chi connectivity index (χ2n) is 4.62. The summed E-state index contributed by atoms with van der Waals surface area (Å²) < 4.78 is 15.3. The number of hydrogen-bond donors (Lipinski definition) is 1. The fraction of sp³-hybridized carbons (Fsp3) is 0.0625. The molecule has 0 fully saturated rings. The maximum atomic E-state index is 13.4. The Balaban J connectivity index is 2.11. The van der Waals surface area contributed by atoms with Crippen molar-refractivity contribution >= 4 is 16.5 Å². The summed E-state index contributed by atoms with van der Waals surface area (Å²) in [6, 6.07) is 8.73. The molecule has 0 bridgehead atoms. The van der Waals surface area contributed by atoms with Crippen LogP contribution in [0.4, 0.5) is 4.39 Å². The molecule has 0 aliphatic carbocycles. The van der Waals surface area contributed by atoms with E-state index in [1.807, 2.05) is 42.3 Å². The van der Waals surface area contributed by atoms with E-state index in [1.165, 1.54) is 12.1 Å². The quantitative estimate of drug-likeness (QED) is 0.677. The Morgan fingerprint density at radius 2 is 1.95 bits per heavy atom. The minimum Gasteiger partial charge on any atom is -0.361 e. The third-order valence-corrected chi connectivity index (χ3v) is 3.30. The molecule has 0 unspecified atom stereocenters. The molecule has 1 aromatic carbocycles. The van der Waals surface area contributed by atoms with E-state index in [0.29, 0.717) is 0 Å². The molecule has 94 valence electrons. The number of pyridine rings is 1. The standard InChI is InChI=1S/C16H14FN2/c1-11(12-5-7-19(2)8-6-12)15-10-18-16-4-3-13(17)9-14(15)16/h3-10,18H,1H2,2H3/q+1. The number of halogens is 1. The Hall–Kier alpha value is -2.42. The number of benzene rings is 1. The molecular weight excluding hydrogens is 239 g/mol. The first-order valence-electron chi connectivity index (χ1n) is 6.07. The van der Waals surface area contributed by atoms with Gasteiger partial charge in [0, 0.05) is 34.8 Å². The molecule has 0 aliphatic rings. The van der Waals surface area contributed by atoms with Crippen LogP contribution in [0.5, 0.6) is 0 Å². The lowest BCUT2D eigenvalue weighted by Crippen LogP contribution is -2.25. The maximum absolute atomic E-state index is 13.4. The van der Waals surface area contributed by atoms with E-state index >= 15 is 0 Å². The third-order valence-electron chi connectivity index (χ3n) is 3.30. The lowest BCUT2D eigenvalue weighted by atomic mass is 10.00. The first-order valence-corrected chi connectivity index (χ1v) is 6.07. The maximum Gasteiger partial charge on any atom is 0.169 e. The van der Waals surface area contributed by atoms with Crippen LogP contribution in [0, 0.1) is 5.82 Å². The highest BCUT2D eigenvalue weighted by molar-refractivity contribution is 5.96. The van der Waals surface area contributed by atoms with Gasteiger partial charge in [-0.05, 0) is 29.3 Å². The number of aryl methyl sites for hydroxylation is 1. The fourth-order valence-corrected chi connectivity index (χ4v) is 2.20. The average Bonchev–Trinajstić information content (AvgIpc) is 2.81. The van der Waals surface area contributed by atoms with Crippen LogP contribution >= 0.6 is 0 Å². The number of aromatic amines is 1. The van der Waals surface area contributed by atoms with Crippen LogP contribution in [0.15, 0.2) is 55.5 Å². The predicted molar refractivity (Wildman–Crippen MR) is 74.0 cm³/mol. The smallest absolute Gasteiger partial charge is 0.169 e. The summed E-state index contributed by atoms with van der Waals surface area (Å²) >= 11 is 0. The molecule has 0 saturated heterocycles. The van der Waals surface area contributed by atoms with Gasteiger partial charge in [-0.3, -0.25) is 0 Å². The Labute approximate surface area is 110 Å². The van der Waals surface area contributed by atoms with Crippen molar-refractivity contribution in [3.63, 3.8) is 0 Å². The molecule has 3 aromatic rings. The molecule has 3 heteroatoms. The Morgan fingerprint density at radius 3 is 2.68 bits per heavy atom. The Bertz CT molecular complexity index is 754. The van der Waals surface area contributed by atoms with Crippen LogP contribution < -0.4 is 4.57 Å². The molecule has 1 N–H and O–H groups in total. The first-order chi connectivity index (χ1) is 9.15. The van der Waals surface area contributed by atoms with E-state index in [9.17, 15) is 4.39 Å². The number of H-pyrrole nitrogens is 1. The molecule has 2 nitrogen and oxygen atoms in total. The SMILES string of the molecule is C=C(c1cc[n+](C)cc1)c1c[nH]c2ccc(F)cc12. The van der Waals surface area contributed by atoms with E-state index in [1.54, 1.807) is 6.07 Å². The topological polar surface area (TPSA) is 19.7 Å². The number of rotatable bonds is 2. The van der Waals surface area contributed by atoms with E-state index in [4.69, 9.17) is 0 Å². The van der Waals surface area contributed by atoms with Gasteiger partial charge >= 0.3 is 0 Å². The number of nitrogens with one attached hydrogen (secondary N) is 1. The fourth-order valence-electron chi connectivity index (χ4n) is 2.20. The van der Waals surface area contributed by atoms with Crippen LogP contribution in [0.25, 0.3) is 16.5 Å². The highest BCUT2D eigenvalue weighted by Gasteiger charge is 2.10. The molecular formula is C16H14FN2+. The van der Waals surface area contributed by atoms with Gasteiger partial charge in [-0.2, -0.15) is 0 Å². The molecule has 0 saturated carbocycles. The zero-order chi connectivity index (χ0) is 13.4. The van der Waals surface area contributed by atoms with E-state index in [0.717, 1.165) is 27.6 Å². The average molecular weight is 253 g/mol. The minimum atomic E-state index is -0.236. The Kier molecular flexibility index (Phi) is 2.67. The van der Waals surface area contributed by atoms with Gasteiger partial charge in [0.25, 0.3) is 0 Å². The van der Waals surface area contributed by atoms with Crippen molar-refractivity contribution in [2.24, 2.45) is 7.05 Å². The zero-order valence-electron chi connectivity index (χ0n) is 10.7. The number of fused-ring (bicyclic) bond motifs is 1. The summed E-state index contributed by atoms with van der Waals surface area (Å²) in [6.07, 6.45) is 5.81. The molecule has 19 heavy (non-hydrogen) atoms. The number of aromatic nitrogens is 2. The van der Waals surface area contributed by atoms with Crippen LogP contribution in [-0.4, -0.2) is 4.98 Å². The minimum absolute atomic E-state index is 0.236. The van der Waals surface area contributed by atoms with E-state index in [-0.39, 0.29) is 5.82 Å². The van der Waals surface area contributed by atoms with Crippen molar-refractivity contribution in [1.29, 1.82) is 0 Å². The molecule has 0 spiro atoms. The van der Waals surface area contributed by atoms with Crippen LogP contribution in [0.2, 0.25) is 0 Å². The van der Waals surface area contributed by atoms with Crippen molar-refractivity contribution in [3.05, 3.63) is 72.4 Å². The van der Waals surface area contributed by atoms with Gasteiger partial charge in [0.15, 0.2) is 12.4 Å². The third kappa shape index (κ3) is 2.03. The summed E-state index contributed by atoms with van der Waals surface area (Å²) in [5.41, 5.74) is 3.77. The van der Waals surface area contributed by atoms with E-state index in [2.05, 4.69) is 11.6 Å². The monoisotopic (exact) mass is 253 g/mol. The van der Waals surface area contributed by atoms with Gasteiger partial charge in [0.1, 0.15) is 12.9 Å². The van der Waals surface area contributed by atoms with Gasteiger partial charge in [-0.25, -0.2) is 8.96 Å².